The van der Waals surface area contributed by atoms with Gasteiger partial charge in [0, 0.05) is 40.8 Å². The average molecular weight is 582 g/mol. The van der Waals surface area contributed by atoms with Crippen molar-refractivity contribution >= 4 is 39.6 Å². The van der Waals surface area contributed by atoms with Gasteiger partial charge in [-0.15, -0.1) is 0 Å². The Morgan fingerprint density at radius 3 is 2.63 bits per heavy atom. The molecule has 4 aromatic rings. The zero-order valence-electron chi connectivity index (χ0n) is 25.6. The molecule has 0 radical (unpaired) electrons. The van der Waals surface area contributed by atoms with Gasteiger partial charge in [0.2, 0.25) is 0 Å². The van der Waals surface area contributed by atoms with Crippen LogP contribution >= 0.6 is 0 Å². The zero-order valence-corrected chi connectivity index (χ0v) is 25.6. The van der Waals surface area contributed by atoms with E-state index < -0.39 is 11.7 Å². The highest BCUT2D eigenvalue weighted by molar-refractivity contribution is 6.06. The summed E-state index contributed by atoms with van der Waals surface area (Å²) in [6, 6.07) is 14.1. The Kier molecular flexibility index (Phi) is 6.63. The number of hydrogen-bond donors (Lipinski definition) is 0. The Bertz CT molecular complexity index is 1780. The first-order valence-electron chi connectivity index (χ1n) is 15.4. The van der Waals surface area contributed by atoms with Crippen LogP contribution in [0.1, 0.15) is 68.8 Å². The molecule has 2 aliphatic carbocycles. The monoisotopic (exact) mass is 581 g/mol. The van der Waals surface area contributed by atoms with Crippen molar-refractivity contribution in [1.82, 2.24) is 9.47 Å². The van der Waals surface area contributed by atoms with Gasteiger partial charge < -0.3 is 23.4 Å². The van der Waals surface area contributed by atoms with Crippen LogP contribution in [0.2, 0.25) is 0 Å². The van der Waals surface area contributed by atoms with Gasteiger partial charge in [-0.3, -0.25) is 4.79 Å². The molecular formula is C35H39N3O5. The predicted octanol–water partition coefficient (Wildman–Crippen LogP) is 7.78. The third kappa shape index (κ3) is 5.11. The third-order valence-corrected chi connectivity index (χ3v) is 9.12. The lowest BCUT2D eigenvalue weighted by Crippen LogP contribution is -2.45. The first kappa shape index (κ1) is 27.7. The number of nitrogens with zero attached hydrogens (tertiary/aromatic N) is 3. The van der Waals surface area contributed by atoms with E-state index >= 15 is 0 Å². The molecule has 2 saturated carbocycles. The Balaban J connectivity index is 1.25. The molecule has 2 amide bonds. The van der Waals surface area contributed by atoms with Crippen LogP contribution in [0.25, 0.3) is 33.3 Å². The number of fused-ring (bicyclic) bond motifs is 4. The lowest BCUT2D eigenvalue weighted by molar-refractivity contribution is 0.0594. The number of ether oxygens (including phenoxy) is 2. The Labute approximate surface area is 251 Å². The van der Waals surface area contributed by atoms with E-state index in [1.54, 1.807) is 7.11 Å². The van der Waals surface area contributed by atoms with Crippen LogP contribution in [0.5, 0.6) is 5.75 Å². The number of piperidine rings is 1. The van der Waals surface area contributed by atoms with Gasteiger partial charge in [0.1, 0.15) is 16.9 Å². The summed E-state index contributed by atoms with van der Waals surface area (Å²) in [5.74, 6) is 2.42. The maximum absolute atomic E-state index is 14.1. The Hall–Kier alpha value is -4.07. The van der Waals surface area contributed by atoms with E-state index in [1.165, 1.54) is 23.7 Å². The highest BCUT2D eigenvalue weighted by Gasteiger charge is 2.42. The second-order valence-corrected chi connectivity index (χ2v) is 13.4. The zero-order chi connectivity index (χ0) is 30.0. The normalized spacial score (nSPS) is 21.2. The molecule has 224 valence electrons. The number of carbonyl (C=O) groups is 2. The minimum absolute atomic E-state index is 0.110. The molecule has 1 saturated heterocycles. The van der Waals surface area contributed by atoms with Crippen molar-refractivity contribution in [1.29, 1.82) is 0 Å². The number of amides is 2. The largest absolute Gasteiger partial charge is 0.496 e. The topological polar surface area (TPSA) is 86.3 Å². The molecule has 2 unspecified atom stereocenters. The van der Waals surface area contributed by atoms with Crippen LogP contribution < -0.4 is 4.74 Å². The number of benzene rings is 2. The van der Waals surface area contributed by atoms with Crippen LogP contribution in [0.4, 0.5) is 4.79 Å². The molecule has 2 aromatic carbocycles. The van der Waals surface area contributed by atoms with E-state index in [1.807, 2.05) is 37.8 Å². The number of aryl methyl sites for hydroxylation is 1. The fourth-order valence-electron chi connectivity index (χ4n) is 6.93. The van der Waals surface area contributed by atoms with E-state index in [4.69, 9.17) is 13.9 Å². The Morgan fingerprint density at radius 2 is 1.88 bits per heavy atom. The van der Waals surface area contributed by atoms with Crippen molar-refractivity contribution < 1.29 is 23.5 Å². The van der Waals surface area contributed by atoms with Crippen molar-refractivity contribution in [3.05, 3.63) is 53.6 Å². The van der Waals surface area contributed by atoms with Gasteiger partial charge >= 0.3 is 6.09 Å². The summed E-state index contributed by atoms with van der Waals surface area (Å²) in [7, 11) is 1.63. The first-order chi connectivity index (χ1) is 20.6. The van der Waals surface area contributed by atoms with Gasteiger partial charge in [-0.05, 0) is 95.9 Å². The summed E-state index contributed by atoms with van der Waals surface area (Å²) in [6.45, 7) is 9.12. The Morgan fingerprint density at radius 1 is 1.09 bits per heavy atom. The lowest BCUT2D eigenvalue weighted by atomic mass is 9.98. The number of hydrogen-bond acceptors (Lipinski definition) is 5. The van der Waals surface area contributed by atoms with E-state index in [2.05, 4.69) is 46.8 Å². The van der Waals surface area contributed by atoms with Crippen LogP contribution in [0, 0.1) is 18.8 Å². The molecule has 0 spiro atoms. The molecule has 3 heterocycles. The van der Waals surface area contributed by atoms with Crippen molar-refractivity contribution in [3.8, 4) is 17.2 Å². The van der Waals surface area contributed by atoms with E-state index in [0.29, 0.717) is 41.7 Å². The first-order valence-corrected chi connectivity index (χ1v) is 15.4. The summed E-state index contributed by atoms with van der Waals surface area (Å²) in [5.41, 5.74) is 4.49. The predicted molar refractivity (Wildman–Crippen MR) is 167 cm³/mol. The molecule has 8 heteroatoms. The van der Waals surface area contributed by atoms with Gasteiger partial charge in [-0.1, -0.05) is 18.2 Å². The van der Waals surface area contributed by atoms with Crippen molar-refractivity contribution in [2.45, 2.75) is 78.0 Å². The van der Waals surface area contributed by atoms with Gasteiger partial charge in [0.25, 0.3) is 5.91 Å². The number of aliphatic imine (C=N–C) groups is 1. The molecule has 43 heavy (non-hydrogen) atoms. The highest BCUT2D eigenvalue weighted by atomic mass is 16.6. The van der Waals surface area contributed by atoms with Crippen LogP contribution in [0.3, 0.4) is 0 Å². The summed E-state index contributed by atoms with van der Waals surface area (Å²) in [4.78, 5) is 32.8. The third-order valence-electron chi connectivity index (χ3n) is 9.12. The maximum atomic E-state index is 14.1. The van der Waals surface area contributed by atoms with Crippen LogP contribution in [-0.4, -0.2) is 52.5 Å². The maximum Gasteiger partial charge on any atom is 0.434 e. The standard InChI is InChI=1S/C35H39N3O5/c1-20-31-29(41-5)17-24(33(39)37-13-12-22-14-25(27(37)15-22)36-34(40)43-35(2,3)4)18-30(31)42-32(20)28-16-23-8-6-7-9-26(23)38(28)19-21-10-11-21/h6-9,16-18,21-22,27H,10-15,19H2,1-5H3. The smallest absolute Gasteiger partial charge is 0.434 e. The molecule has 8 nitrogen and oxygen atoms in total. The highest BCUT2D eigenvalue weighted by Crippen LogP contribution is 2.43. The molecule has 2 bridgehead atoms. The lowest BCUT2D eigenvalue weighted by Gasteiger charge is -2.33. The average Bonchev–Trinajstić information content (AvgIpc) is 3.53. The number of likely N-dealkylation sites (tertiary alicyclic amines) is 1. The van der Waals surface area contributed by atoms with Crippen LogP contribution in [0.15, 0.2) is 51.9 Å². The SMILES string of the molecule is COc1cc(C(=O)N2CCC3CC(=NC(=O)OC(C)(C)C)C2C3)cc2oc(-c3cc4ccccc4n3CC3CC3)c(C)c12. The van der Waals surface area contributed by atoms with Gasteiger partial charge in [0.05, 0.1) is 24.2 Å². The second kappa shape index (κ2) is 10.3. The van der Waals surface area contributed by atoms with Gasteiger partial charge in [-0.2, -0.15) is 4.99 Å². The van der Waals surface area contributed by atoms with Crippen molar-refractivity contribution in [3.63, 3.8) is 0 Å². The fourth-order valence-corrected chi connectivity index (χ4v) is 6.93. The number of furan rings is 1. The number of methoxy groups -OCH3 is 1. The summed E-state index contributed by atoms with van der Waals surface area (Å²) in [6.07, 6.45) is 4.32. The molecule has 2 atom stereocenters. The van der Waals surface area contributed by atoms with E-state index in [-0.39, 0.29) is 11.9 Å². The summed E-state index contributed by atoms with van der Waals surface area (Å²) >= 11 is 0. The van der Waals surface area contributed by atoms with Gasteiger partial charge in [-0.25, -0.2) is 4.79 Å². The van der Waals surface area contributed by atoms with Crippen LogP contribution in [-0.2, 0) is 11.3 Å². The molecular weight excluding hydrogens is 542 g/mol. The molecule has 3 fully saturated rings. The summed E-state index contributed by atoms with van der Waals surface area (Å²) in [5, 5.41) is 2.06. The minimum atomic E-state index is -0.622. The number of rotatable bonds is 5. The molecule has 1 aliphatic heterocycles. The number of carbonyl (C=O) groups excluding carboxylic acids is 2. The van der Waals surface area contributed by atoms with Crippen molar-refractivity contribution in [2.75, 3.05) is 13.7 Å². The molecule has 0 N–H and O–H groups in total. The second-order valence-electron chi connectivity index (χ2n) is 13.4. The number of para-hydroxylation sites is 1. The quantitative estimate of drug-likeness (QED) is 0.240. The van der Waals surface area contributed by atoms with Crippen molar-refractivity contribution in [2.24, 2.45) is 16.8 Å². The number of aromatic nitrogens is 1. The molecule has 3 aliphatic rings. The fraction of sp³-hybridized carbons (Fsp3) is 0.457. The molecule has 7 rings (SSSR count). The molecule has 2 aromatic heterocycles. The van der Waals surface area contributed by atoms with E-state index in [0.717, 1.165) is 47.5 Å². The minimum Gasteiger partial charge on any atom is -0.496 e. The van der Waals surface area contributed by atoms with Gasteiger partial charge in [0.15, 0.2) is 5.76 Å². The van der Waals surface area contributed by atoms with E-state index in [9.17, 15) is 9.59 Å². The summed E-state index contributed by atoms with van der Waals surface area (Å²) < 4.78 is 20.3.